The molecule has 1 aromatic heterocycles. The van der Waals surface area contributed by atoms with Crippen LogP contribution >= 0.6 is 0 Å². The predicted molar refractivity (Wildman–Crippen MR) is 64.8 cm³/mol. The quantitative estimate of drug-likeness (QED) is 0.768. The maximum atomic E-state index is 5.76. The van der Waals surface area contributed by atoms with Gasteiger partial charge in [-0.25, -0.2) is 4.98 Å². The van der Waals surface area contributed by atoms with Crippen molar-refractivity contribution in [2.75, 3.05) is 0 Å². The molecule has 16 heavy (non-hydrogen) atoms. The molecule has 1 aromatic carbocycles. The van der Waals surface area contributed by atoms with E-state index in [1.807, 2.05) is 36.4 Å². The fourth-order valence-electron chi connectivity index (χ4n) is 1.57. The molecule has 2 nitrogen and oxygen atoms in total. The van der Waals surface area contributed by atoms with Crippen molar-refractivity contribution in [3.05, 3.63) is 54.2 Å². The lowest BCUT2D eigenvalue weighted by Gasteiger charge is -2.12. The lowest BCUT2D eigenvalue weighted by molar-refractivity contribution is 0.454. The highest BCUT2D eigenvalue weighted by Gasteiger charge is 2.07. The summed E-state index contributed by atoms with van der Waals surface area (Å²) >= 11 is 0. The summed E-state index contributed by atoms with van der Waals surface area (Å²) in [4.78, 5) is 4.15. The van der Waals surface area contributed by atoms with E-state index in [2.05, 4.69) is 24.9 Å². The third-order valence-electron chi connectivity index (χ3n) is 2.39. The van der Waals surface area contributed by atoms with Crippen LogP contribution in [-0.4, -0.2) is 4.98 Å². The molecule has 0 atom stereocenters. The smallest absolute Gasteiger partial charge is 0.219 e. The van der Waals surface area contributed by atoms with E-state index >= 15 is 0 Å². The molecular formula is C14H15NO. The first kappa shape index (κ1) is 10.7. The normalized spacial score (nSPS) is 10.4. The first-order chi connectivity index (χ1) is 7.77. The number of hydrogen-bond donors (Lipinski definition) is 0. The highest BCUT2D eigenvalue weighted by molar-refractivity contribution is 5.37. The molecule has 2 rings (SSSR count). The minimum Gasteiger partial charge on any atom is -0.439 e. The minimum absolute atomic E-state index is 0.444. The summed E-state index contributed by atoms with van der Waals surface area (Å²) in [7, 11) is 0. The third-order valence-corrected chi connectivity index (χ3v) is 2.39. The van der Waals surface area contributed by atoms with Gasteiger partial charge in [-0.2, -0.15) is 0 Å². The van der Waals surface area contributed by atoms with E-state index in [1.54, 1.807) is 6.20 Å². The van der Waals surface area contributed by atoms with Gasteiger partial charge in [0.25, 0.3) is 0 Å². The highest BCUT2D eigenvalue weighted by Crippen LogP contribution is 2.28. The van der Waals surface area contributed by atoms with Gasteiger partial charge in [0.2, 0.25) is 5.88 Å². The third kappa shape index (κ3) is 2.40. The first-order valence-corrected chi connectivity index (χ1v) is 5.45. The summed E-state index contributed by atoms with van der Waals surface area (Å²) < 4.78 is 5.76. The van der Waals surface area contributed by atoms with Crippen molar-refractivity contribution in [3.63, 3.8) is 0 Å². The molecule has 0 bridgehead atoms. The van der Waals surface area contributed by atoms with Crippen LogP contribution in [0.1, 0.15) is 25.3 Å². The molecule has 82 valence electrons. The Morgan fingerprint density at radius 1 is 1.00 bits per heavy atom. The van der Waals surface area contributed by atoms with Crippen molar-refractivity contribution < 1.29 is 4.74 Å². The summed E-state index contributed by atoms with van der Waals surface area (Å²) in [6.45, 7) is 4.31. The van der Waals surface area contributed by atoms with E-state index in [0.29, 0.717) is 11.8 Å². The number of pyridine rings is 1. The Labute approximate surface area is 95.9 Å². The van der Waals surface area contributed by atoms with Gasteiger partial charge in [0, 0.05) is 12.3 Å². The van der Waals surface area contributed by atoms with Crippen molar-refractivity contribution in [3.8, 4) is 11.6 Å². The van der Waals surface area contributed by atoms with Crippen LogP contribution in [0.2, 0.25) is 0 Å². The van der Waals surface area contributed by atoms with E-state index < -0.39 is 0 Å². The molecular weight excluding hydrogens is 198 g/mol. The van der Waals surface area contributed by atoms with Gasteiger partial charge < -0.3 is 4.74 Å². The molecule has 0 spiro atoms. The summed E-state index contributed by atoms with van der Waals surface area (Å²) in [5.41, 5.74) is 1.20. The van der Waals surface area contributed by atoms with Crippen molar-refractivity contribution in [1.82, 2.24) is 4.98 Å². The Kier molecular flexibility index (Phi) is 3.20. The van der Waals surface area contributed by atoms with Gasteiger partial charge >= 0.3 is 0 Å². The Balaban J connectivity index is 2.28. The molecule has 0 amide bonds. The Hall–Kier alpha value is -1.83. The van der Waals surface area contributed by atoms with Gasteiger partial charge in [-0.1, -0.05) is 38.1 Å². The SMILES string of the molecule is CC(C)c1ccccc1Oc1ccccn1. The van der Waals surface area contributed by atoms with Gasteiger partial charge in [0.05, 0.1) is 0 Å². The molecule has 0 radical (unpaired) electrons. The van der Waals surface area contributed by atoms with E-state index in [-0.39, 0.29) is 0 Å². The lowest BCUT2D eigenvalue weighted by atomic mass is 10.0. The van der Waals surface area contributed by atoms with E-state index in [4.69, 9.17) is 4.74 Å². The van der Waals surface area contributed by atoms with Crippen molar-refractivity contribution in [1.29, 1.82) is 0 Å². The minimum atomic E-state index is 0.444. The van der Waals surface area contributed by atoms with Crippen molar-refractivity contribution in [2.45, 2.75) is 19.8 Å². The van der Waals surface area contributed by atoms with Crippen LogP contribution in [0.25, 0.3) is 0 Å². The Morgan fingerprint density at radius 2 is 1.75 bits per heavy atom. The molecule has 0 fully saturated rings. The number of ether oxygens (including phenoxy) is 1. The number of rotatable bonds is 3. The largest absolute Gasteiger partial charge is 0.439 e. The topological polar surface area (TPSA) is 22.1 Å². The maximum Gasteiger partial charge on any atom is 0.219 e. The van der Waals surface area contributed by atoms with E-state index in [0.717, 1.165) is 5.75 Å². The van der Waals surface area contributed by atoms with Crippen LogP contribution in [-0.2, 0) is 0 Å². The molecule has 1 heterocycles. The van der Waals surface area contributed by atoms with Gasteiger partial charge in [-0.3, -0.25) is 0 Å². The van der Waals surface area contributed by atoms with Gasteiger partial charge in [-0.05, 0) is 23.6 Å². The second kappa shape index (κ2) is 4.79. The standard InChI is InChI=1S/C14H15NO/c1-11(2)12-7-3-4-8-13(12)16-14-9-5-6-10-15-14/h3-11H,1-2H3. The summed E-state index contributed by atoms with van der Waals surface area (Å²) in [6.07, 6.45) is 1.73. The lowest BCUT2D eigenvalue weighted by Crippen LogP contribution is -1.94. The zero-order valence-electron chi connectivity index (χ0n) is 9.55. The average Bonchev–Trinajstić information content (AvgIpc) is 2.31. The van der Waals surface area contributed by atoms with E-state index in [9.17, 15) is 0 Å². The fourth-order valence-corrected chi connectivity index (χ4v) is 1.57. The maximum absolute atomic E-state index is 5.76. The van der Waals surface area contributed by atoms with Crippen molar-refractivity contribution >= 4 is 0 Å². The molecule has 0 N–H and O–H groups in total. The second-order valence-electron chi connectivity index (χ2n) is 3.96. The predicted octanol–water partition coefficient (Wildman–Crippen LogP) is 4.00. The fraction of sp³-hybridized carbons (Fsp3) is 0.214. The summed E-state index contributed by atoms with van der Waals surface area (Å²) in [5.74, 6) is 1.96. The number of hydrogen-bond acceptors (Lipinski definition) is 2. The molecule has 2 aromatic rings. The number of para-hydroxylation sites is 1. The Morgan fingerprint density at radius 3 is 2.44 bits per heavy atom. The molecule has 0 aliphatic carbocycles. The molecule has 0 aliphatic rings. The number of nitrogens with zero attached hydrogens (tertiary/aromatic N) is 1. The zero-order valence-corrected chi connectivity index (χ0v) is 9.55. The average molecular weight is 213 g/mol. The molecule has 2 heteroatoms. The molecule has 0 saturated heterocycles. The molecule has 0 unspecified atom stereocenters. The number of benzene rings is 1. The molecule has 0 aliphatic heterocycles. The van der Waals surface area contributed by atoms with Gasteiger partial charge in [0.1, 0.15) is 5.75 Å². The monoisotopic (exact) mass is 213 g/mol. The van der Waals surface area contributed by atoms with Crippen molar-refractivity contribution in [2.24, 2.45) is 0 Å². The summed E-state index contributed by atoms with van der Waals surface area (Å²) in [6, 6.07) is 13.7. The van der Waals surface area contributed by atoms with Gasteiger partial charge in [-0.15, -0.1) is 0 Å². The van der Waals surface area contributed by atoms with Crippen LogP contribution in [0.4, 0.5) is 0 Å². The Bertz CT molecular complexity index is 451. The van der Waals surface area contributed by atoms with Crippen LogP contribution in [0.5, 0.6) is 11.6 Å². The highest BCUT2D eigenvalue weighted by atomic mass is 16.5. The van der Waals surface area contributed by atoms with Crippen LogP contribution in [0.3, 0.4) is 0 Å². The summed E-state index contributed by atoms with van der Waals surface area (Å²) in [5, 5.41) is 0. The van der Waals surface area contributed by atoms with E-state index in [1.165, 1.54) is 5.56 Å². The first-order valence-electron chi connectivity index (χ1n) is 5.45. The second-order valence-corrected chi connectivity index (χ2v) is 3.96. The molecule has 0 saturated carbocycles. The van der Waals surface area contributed by atoms with Gasteiger partial charge in [0.15, 0.2) is 0 Å². The van der Waals surface area contributed by atoms with Crippen LogP contribution in [0.15, 0.2) is 48.7 Å². The number of aromatic nitrogens is 1. The zero-order chi connectivity index (χ0) is 11.4. The van der Waals surface area contributed by atoms with Crippen LogP contribution in [0, 0.1) is 0 Å². The van der Waals surface area contributed by atoms with Crippen LogP contribution < -0.4 is 4.74 Å².